The van der Waals surface area contributed by atoms with Crippen LogP contribution in [0.5, 0.6) is 0 Å². The monoisotopic (exact) mass is 281 g/mol. The van der Waals surface area contributed by atoms with E-state index >= 15 is 0 Å². The number of carbonyl (C=O) groups is 1. The van der Waals surface area contributed by atoms with Gasteiger partial charge in [0.05, 0.1) is 18.4 Å². The van der Waals surface area contributed by atoms with Crippen LogP contribution in [0.3, 0.4) is 0 Å². The molecule has 0 aliphatic rings. The number of carbonyl (C=O) groups excluding carboxylic acids is 1. The quantitative estimate of drug-likeness (QED) is 0.279. The number of hydrogen-bond donors (Lipinski definition) is 0. The zero-order valence-electron chi connectivity index (χ0n) is 10.9. The molecule has 3 unspecified atom stereocenters. The van der Waals surface area contributed by atoms with Crippen molar-refractivity contribution in [1.29, 1.82) is 0 Å². The molecule has 0 amide bonds. The minimum absolute atomic E-state index is 0.251. The van der Waals surface area contributed by atoms with E-state index in [1.165, 1.54) is 14.2 Å². The Morgan fingerprint density at radius 1 is 1.33 bits per heavy atom. The van der Waals surface area contributed by atoms with Crippen LogP contribution in [0.4, 0.5) is 0 Å². The van der Waals surface area contributed by atoms with Crippen LogP contribution in [0.25, 0.3) is 0 Å². The van der Waals surface area contributed by atoms with Gasteiger partial charge in [-0.25, -0.2) is 0 Å². The largest absolute Gasteiger partial charge is 0.469 e. The molecule has 0 aromatic heterocycles. The number of methoxy groups -OCH3 is 2. The summed E-state index contributed by atoms with van der Waals surface area (Å²) < 4.78 is 9.57. The van der Waals surface area contributed by atoms with Gasteiger partial charge in [0.15, 0.2) is 0 Å². The van der Waals surface area contributed by atoms with Gasteiger partial charge in [0, 0.05) is 25.1 Å². The smallest absolute Gasteiger partial charge is 0.308 e. The van der Waals surface area contributed by atoms with Crippen LogP contribution in [-0.2, 0) is 14.3 Å². The first-order valence-corrected chi connectivity index (χ1v) is 6.22. The van der Waals surface area contributed by atoms with E-state index < -0.39 is 16.3 Å². The highest BCUT2D eigenvalue weighted by molar-refractivity contribution is 6.20. The predicted octanol–water partition coefficient (Wildman–Crippen LogP) is 1.86. The molecule has 0 aliphatic carbocycles. The SMILES string of the molecule is COCCC(CCC(C(C)Cl)[N+](=O)[O-])C(=O)OC. The van der Waals surface area contributed by atoms with Gasteiger partial charge in [-0.05, 0) is 19.8 Å². The predicted molar refractivity (Wildman–Crippen MR) is 67.3 cm³/mol. The lowest BCUT2D eigenvalue weighted by atomic mass is 9.96. The summed E-state index contributed by atoms with van der Waals surface area (Å²) in [7, 11) is 2.84. The third-order valence-corrected chi connectivity index (χ3v) is 3.11. The van der Waals surface area contributed by atoms with Crippen molar-refractivity contribution in [2.45, 2.75) is 37.6 Å². The molecule has 0 bridgehead atoms. The van der Waals surface area contributed by atoms with Crippen LogP contribution in [0.15, 0.2) is 0 Å². The van der Waals surface area contributed by atoms with E-state index in [4.69, 9.17) is 16.3 Å². The average molecular weight is 282 g/mol. The van der Waals surface area contributed by atoms with E-state index in [1.807, 2.05) is 0 Å². The fourth-order valence-electron chi connectivity index (χ4n) is 1.68. The van der Waals surface area contributed by atoms with Crippen LogP contribution >= 0.6 is 11.6 Å². The van der Waals surface area contributed by atoms with Gasteiger partial charge in [0.25, 0.3) is 0 Å². The fourth-order valence-corrected chi connectivity index (χ4v) is 1.90. The number of alkyl halides is 1. The molecule has 0 radical (unpaired) electrons. The van der Waals surface area contributed by atoms with Gasteiger partial charge in [0.2, 0.25) is 6.04 Å². The molecule has 7 heteroatoms. The third kappa shape index (κ3) is 6.16. The summed E-state index contributed by atoms with van der Waals surface area (Å²) in [5.41, 5.74) is 0. The van der Waals surface area contributed by atoms with Gasteiger partial charge in [-0.3, -0.25) is 14.9 Å². The normalized spacial score (nSPS) is 15.8. The van der Waals surface area contributed by atoms with Crippen molar-refractivity contribution in [1.82, 2.24) is 0 Å². The molecule has 0 aliphatic heterocycles. The lowest BCUT2D eigenvalue weighted by Crippen LogP contribution is -2.30. The van der Waals surface area contributed by atoms with Gasteiger partial charge in [-0.1, -0.05) is 0 Å². The number of halogens is 1. The van der Waals surface area contributed by atoms with E-state index in [9.17, 15) is 14.9 Å². The number of rotatable bonds is 9. The molecule has 3 atom stereocenters. The molecule has 0 aromatic rings. The number of hydrogen-bond acceptors (Lipinski definition) is 5. The highest BCUT2D eigenvalue weighted by Gasteiger charge is 2.29. The Labute approximate surface area is 112 Å². The molecule has 106 valence electrons. The molecule has 18 heavy (non-hydrogen) atoms. The maximum atomic E-state index is 11.5. The number of nitrogens with zero attached hydrogens (tertiary/aromatic N) is 1. The van der Waals surface area contributed by atoms with Crippen molar-refractivity contribution < 1.29 is 19.2 Å². The van der Waals surface area contributed by atoms with E-state index in [1.54, 1.807) is 6.92 Å². The Morgan fingerprint density at radius 3 is 2.33 bits per heavy atom. The van der Waals surface area contributed by atoms with Gasteiger partial charge in [-0.15, -0.1) is 11.6 Å². The van der Waals surface area contributed by atoms with Crippen molar-refractivity contribution in [3.05, 3.63) is 10.1 Å². The van der Waals surface area contributed by atoms with Gasteiger partial charge >= 0.3 is 5.97 Å². The molecule has 0 fully saturated rings. The second-order valence-corrected chi connectivity index (χ2v) is 4.80. The van der Waals surface area contributed by atoms with Crippen LogP contribution < -0.4 is 0 Å². The van der Waals surface area contributed by atoms with Crippen molar-refractivity contribution in [3.63, 3.8) is 0 Å². The van der Waals surface area contributed by atoms with Crippen molar-refractivity contribution in [2.75, 3.05) is 20.8 Å². The minimum atomic E-state index is -0.846. The standard InChI is InChI=1S/C11H20ClNO5/c1-8(12)10(13(15)16)5-4-9(6-7-17-2)11(14)18-3/h8-10H,4-7H2,1-3H3. The van der Waals surface area contributed by atoms with Crippen molar-refractivity contribution in [3.8, 4) is 0 Å². The highest BCUT2D eigenvalue weighted by atomic mass is 35.5. The topological polar surface area (TPSA) is 78.7 Å². The van der Waals surface area contributed by atoms with E-state index in [0.29, 0.717) is 19.4 Å². The number of esters is 1. The lowest BCUT2D eigenvalue weighted by molar-refractivity contribution is -0.522. The zero-order chi connectivity index (χ0) is 14.1. The van der Waals surface area contributed by atoms with E-state index in [2.05, 4.69) is 4.74 Å². The molecule has 0 aromatic carbocycles. The maximum Gasteiger partial charge on any atom is 0.308 e. The Bertz CT molecular complexity index is 272. The molecule has 0 saturated carbocycles. The first-order chi connectivity index (χ1) is 8.43. The summed E-state index contributed by atoms with van der Waals surface area (Å²) >= 11 is 5.76. The Kier molecular flexibility index (Phi) is 8.66. The highest BCUT2D eigenvalue weighted by Crippen LogP contribution is 2.19. The number of ether oxygens (including phenoxy) is 2. The molecular formula is C11H20ClNO5. The first kappa shape index (κ1) is 17.1. The summed E-state index contributed by atoms with van der Waals surface area (Å²) in [6, 6.07) is -0.846. The van der Waals surface area contributed by atoms with E-state index in [0.717, 1.165) is 0 Å². The molecule has 0 spiro atoms. The summed E-state index contributed by atoms with van der Waals surface area (Å²) in [5.74, 6) is -0.746. The fraction of sp³-hybridized carbons (Fsp3) is 0.909. The second kappa shape index (κ2) is 9.10. The van der Waals surface area contributed by atoms with Crippen molar-refractivity contribution >= 4 is 17.6 Å². The van der Waals surface area contributed by atoms with Crippen LogP contribution in [0.2, 0.25) is 0 Å². The lowest BCUT2D eigenvalue weighted by Gasteiger charge is -2.16. The first-order valence-electron chi connectivity index (χ1n) is 5.78. The molecule has 0 N–H and O–H groups in total. The summed E-state index contributed by atoms with van der Waals surface area (Å²) in [6.45, 7) is 2.00. The van der Waals surface area contributed by atoms with Gasteiger partial charge < -0.3 is 9.47 Å². The molecule has 0 heterocycles. The molecule has 0 rings (SSSR count). The van der Waals surface area contributed by atoms with Crippen LogP contribution in [-0.4, -0.2) is 43.1 Å². The van der Waals surface area contributed by atoms with Crippen molar-refractivity contribution in [2.24, 2.45) is 5.92 Å². The third-order valence-electron chi connectivity index (χ3n) is 2.82. The number of nitro groups is 1. The Hall–Kier alpha value is -0.880. The van der Waals surface area contributed by atoms with E-state index in [-0.39, 0.29) is 18.3 Å². The van der Waals surface area contributed by atoms with Gasteiger partial charge in [-0.2, -0.15) is 0 Å². The van der Waals surface area contributed by atoms with Crippen LogP contribution in [0, 0.1) is 16.0 Å². The zero-order valence-corrected chi connectivity index (χ0v) is 11.7. The Balaban J connectivity index is 4.39. The minimum Gasteiger partial charge on any atom is -0.469 e. The maximum absolute atomic E-state index is 11.5. The Morgan fingerprint density at radius 2 is 1.94 bits per heavy atom. The average Bonchev–Trinajstić information content (AvgIpc) is 2.31. The summed E-state index contributed by atoms with van der Waals surface area (Å²) in [6.07, 6.45) is 1.12. The van der Waals surface area contributed by atoms with Crippen LogP contribution in [0.1, 0.15) is 26.2 Å². The summed E-state index contributed by atoms with van der Waals surface area (Å²) in [4.78, 5) is 21.9. The molecule has 0 saturated heterocycles. The molecular weight excluding hydrogens is 262 g/mol. The van der Waals surface area contributed by atoms with Gasteiger partial charge in [0.1, 0.15) is 0 Å². The summed E-state index contributed by atoms with van der Waals surface area (Å²) in [5, 5.41) is 10.2. The molecule has 6 nitrogen and oxygen atoms in total. The second-order valence-electron chi connectivity index (χ2n) is 4.11.